The summed E-state index contributed by atoms with van der Waals surface area (Å²) < 4.78 is 7.44. The zero-order valence-electron chi connectivity index (χ0n) is 15.1. The predicted molar refractivity (Wildman–Crippen MR) is 95.8 cm³/mol. The maximum absolute atomic E-state index is 12.1. The van der Waals surface area contributed by atoms with E-state index in [0.29, 0.717) is 24.3 Å². The van der Waals surface area contributed by atoms with Gasteiger partial charge < -0.3 is 15.0 Å². The standard InChI is InChI=1S/C15H26N6O3S/c1-10(2)9-21-14(20-5-7-24-8-6-20)18-19-15(21)25-11(3)12(22)17-13(23)16-4/h10-11H,5-9H2,1-4H3,(H2,16,17,22,23)/t11-/m0/s1. The summed E-state index contributed by atoms with van der Waals surface area (Å²) in [6.07, 6.45) is 0. The first kappa shape index (κ1) is 19.5. The van der Waals surface area contributed by atoms with Crippen LogP contribution >= 0.6 is 11.8 Å². The average Bonchev–Trinajstić information content (AvgIpc) is 2.97. The number of carbonyl (C=O) groups is 2. The molecule has 1 aliphatic heterocycles. The molecule has 0 unspecified atom stereocenters. The fourth-order valence-electron chi connectivity index (χ4n) is 2.38. The maximum atomic E-state index is 12.1. The van der Waals surface area contributed by atoms with Crippen LogP contribution in [0, 0.1) is 5.92 Å². The number of hydrogen-bond donors (Lipinski definition) is 2. The first-order valence-electron chi connectivity index (χ1n) is 8.37. The lowest BCUT2D eigenvalue weighted by Gasteiger charge is -2.28. The fourth-order valence-corrected chi connectivity index (χ4v) is 3.23. The van der Waals surface area contributed by atoms with Crippen molar-refractivity contribution in [1.29, 1.82) is 0 Å². The molecule has 0 saturated carbocycles. The van der Waals surface area contributed by atoms with Gasteiger partial charge in [-0.05, 0) is 12.8 Å². The Bertz CT molecular complexity index is 600. The van der Waals surface area contributed by atoms with Gasteiger partial charge in [0.25, 0.3) is 0 Å². The molecule has 0 radical (unpaired) electrons. The number of hydrogen-bond acceptors (Lipinski definition) is 7. The number of thioether (sulfide) groups is 1. The van der Waals surface area contributed by atoms with Gasteiger partial charge in [0.1, 0.15) is 0 Å². The summed E-state index contributed by atoms with van der Waals surface area (Å²) in [6.45, 7) is 9.63. The Morgan fingerprint density at radius 3 is 2.52 bits per heavy atom. The smallest absolute Gasteiger partial charge is 0.321 e. The average molecular weight is 370 g/mol. The number of morpholine rings is 1. The summed E-state index contributed by atoms with van der Waals surface area (Å²) in [5.74, 6) is 0.847. The van der Waals surface area contributed by atoms with E-state index in [9.17, 15) is 9.59 Å². The molecule has 1 atom stereocenters. The minimum absolute atomic E-state index is 0.364. The SMILES string of the molecule is CNC(=O)NC(=O)[C@H](C)Sc1nnc(N2CCOCC2)n1CC(C)C. The van der Waals surface area contributed by atoms with Gasteiger partial charge >= 0.3 is 6.03 Å². The number of ether oxygens (including phenoxy) is 1. The molecule has 0 spiro atoms. The topological polar surface area (TPSA) is 101 Å². The Labute approximate surface area is 151 Å². The van der Waals surface area contributed by atoms with Crippen molar-refractivity contribution in [1.82, 2.24) is 25.4 Å². The normalized spacial score (nSPS) is 16.0. The molecule has 1 fully saturated rings. The minimum Gasteiger partial charge on any atom is -0.378 e. The number of nitrogens with one attached hydrogen (secondary N) is 2. The lowest BCUT2D eigenvalue weighted by molar-refractivity contribution is -0.119. The molecule has 0 bridgehead atoms. The highest BCUT2D eigenvalue weighted by Crippen LogP contribution is 2.27. The van der Waals surface area contributed by atoms with Crippen molar-refractivity contribution in [3.05, 3.63) is 0 Å². The Morgan fingerprint density at radius 1 is 1.24 bits per heavy atom. The second kappa shape index (κ2) is 9.04. The van der Waals surface area contributed by atoms with Crippen molar-refractivity contribution in [3.8, 4) is 0 Å². The molecule has 10 heteroatoms. The first-order valence-corrected chi connectivity index (χ1v) is 9.25. The molecule has 3 amide bonds. The van der Waals surface area contributed by atoms with Crippen molar-refractivity contribution in [3.63, 3.8) is 0 Å². The van der Waals surface area contributed by atoms with Gasteiger partial charge in [-0.15, -0.1) is 10.2 Å². The van der Waals surface area contributed by atoms with Gasteiger partial charge in [-0.3, -0.25) is 14.7 Å². The van der Waals surface area contributed by atoms with Gasteiger partial charge in [-0.2, -0.15) is 0 Å². The van der Waals surface area contributed by atoms with Crippen LogP contribution in [0.3, 0.4) is 0 Å². The molecule has 1 aromatic rings. The van der Waals surface area contributed by atoms with E-state index in [2.05, 4.69) is 39.6 Å². The summed E-state index contributed by atoms with van der Waals surface area (Å²) in [5, 5.41) is 13.5. The lowest BCUT2D eigenvalue weighted by atomic mass is 10.2. The number of carbonyl (C=O) groups excluding carboxylic acids is 2. The Balaban J connectivity index is 2.14. The van der Waals surface area contributed by atoms with Crippen molar-refractivity contribution in [2.75, 3.05) is 38.3 Å². The first-order chi connectivity index (χ1) is 11.9. The number of anilines is 1. The van der Waals surface area contributed by atoms with Crippen LogP contribution in [0.5, 0.6) is 0 Å². The van der Waals surface area contributed by atoms with Crippen LogP contribution in [-0.2, 0) is 16.1 Å². The molecule has 2 heterocycles. The molecule has 140 valence electrons. The number of rotatable bonds is 6. The van der Waals surface area contributed by atoms with Crippen molar-refractivity contribution in [2.24, 2.45) is 5.92 Å². The molecule has 0 aromatic carbocycles. The molecule has 0 aliphatic carbocycles. The number of imide groups is 1. The Morgan fingerprint density at radius 2 is 1.92 bits per heavy atom. The number of amides is 3. The van der Waals surface area contributed by atoms with Gasteiger partial charge in [0.15, 0.2) is 5.16 Å². The molecule has 1 aliphatic rings. The van der Waals surface area contributed by atoms with E-state index in [0.717, 1.165) is 25.6 Å². The molecule has 25 heavy (non-hydrogen) atoms. The molecular formula is C15H26N6O3S. The third-order valence-corrected chi connectivity index (χ3v) is 4.73. The molecule has 2 rings (SSSR count). The van der Waals surface area contributed by atoms with Crippen molar-refractivity contribution < 1.29 is 14.3 Å². The van der Waals surface area contributed by atoms with Gasteiger partial charge in [0.2, 0.25) is 11.9 Å². The Kier molecular flexibility index (Phi) is 7.06. The largest absolute Gasteiger partial charge is 0.378 e. The van der Waals surface area contributed by atoms with Crippen LogP contribution < -0.4 is 15.5 Å². The number of urea groups is 1. The number of nitrogens with zero attached hydrogens (tertiary/aromatic N) is 4. The zero-order chi connectivity index (χ0) is 18.4. The van der Waals surface area contributed by atoms with E-state index in [1.807, 2.05) is 4.57 Å². The quantitative estimate of drug-likeness (QED) is 0.711. The van der Waals surface area contributed by atoms with Crippen LogP contribution in [0.2, 0.25) is 0 Å². The summed E-state index contributed by atoms with van der Waals surface area (Å²) >= 11 is 1.30. The van der Waals surface area contributed by atoms with E-state index in [1.165, 1.54) is 18.8 Å². The third-order valence-electron chi connectivity index (χ3n) is 3.65. The van der Waals surface area contributed by atoms with E-state index in [1.54, 1.807) is 6.92 Å². The lowest BCUT2D eigenvalue weighted by Crippen LogP contribution is -2.41. The highest BCUT2D eigenvalue weighted by atomic mass is 32.2. The minimum atomic E-state index is -0.518. The molecule has 1 aromatic heterocycles. The van der Waals surface area contributed by atoms with Crippen LogP contribution in [0.25, 0.3) is 0 Å². The third kappa shape index (κ3) is 5.33. The summed E-state index contributed by atoms with van der Waals surface area (Å²) in [4.78, 5) is 25.5. The van der Waals surface area contributed by atoms with Gasteiger partial charge in [0, 0.05) is 26.7 Å². The van der Waals surface area contributed by atoms with Crippen LogP contribution in [0.1, 0.15) is 20.8 Å². The van der Waals surface area contributed by atoms with Crippen LogP contribution in [-0.4, -0.2) is 65.3 Å². The fraction of sp³-hybridized carbons (Fsp3) is 0.733. The second-order valence-electron chi connectivity index (χ2n) is 6.21. The predicted octanol–water partition coefficient (Wildman–Crippen LogP) is 0.707. The zero-order valence-corrected chi connectivity index (χ0v) is 15.9. The molecule has 1 saturated heterocycles. The van der Waals surface area contributed by atoms with E-state index in [-0.39, 0.29) is 5.91 Å². The summed E-state index contributed by atoms with van der Waals surface area (Å²) in [7, 11) is 1.47. The monoisotopic (exact) mass is 370 g/mol. The van der Waals surface area contributed by atoms with Crippen molar-refractivity contribution >= 4 is 29.6 Å². The molecule has 9 nitrogen and oxygen atoms in total. The highest BCUT2D eigenvalue weighted by molar-refractivity contribution is 8.00. The Hall–Kier alpha value is -1.81. The van der Waals surface area contributed by atoms with Gasteiger partial charge in [-0.1, -0.05) is 25.6 Å². The molecular weight excluding hydrogens is 344 g/mol. The highest BCUT2D eigenvalue weighted by Gasteiger charge is 2.24. The van der Waals surface area contributed by atoms with E-state index in [4.69, 9.17) is 4.74 Å². The summed E-state index contributed by atoms with van der Waals surface area (Å²) in [5.41, 5.74) is 0. The summed E-state index contributed by atoms with van der Waals surface area (Å²) in [6, 6.07) is -0.518. The van der Waals surface area contributed by atoms with E-state index < -0.39 is 11.3 Å². The van der Waals surface area contributed by atoms with Crippen LogP contribution in [0.15, 0.2) is 5.16 Å². The molecule has 2 N–H and O–H groups in total. The van der Waals surface area contributed by atoms with E-state index >= 15 is 0 Å². The van der Waals surface area contributed by atoms with Crippen molar-refractivity contribution in [2.45, 2.75) is 37.7 Å². The second-order valence-corrected chi connectivity index (χ2v) is 7.52. The maximum Gasteiger partial charge on any atom is 0.321 e. The van der Waals surface area contributed by atoms with Crippen LogP contribution in [0.4, 0.5) is 10.7 Å². The number of aromatic nitrogens is 3. The van der Waals surface area contributed by atoms with Gasteiger partial charge in [0.05, 0.1) is 18.5 Å². The van der Waals surface area contributed by atoms with Gasteiger partial charge in [-0.25, -0.2) is 4.79 Å².